The van der Waals surface area contributed by atoms with Crippen molar-refractivity contribution in [3.8, 4) is 23.0 Å². The molecule has 2 aromatic carbocycles. The summed E-state index contributed by atoms with van der Waals surface area (Å²) in [7, 11) is 6.13. The highest BCUT2D eigenvalue weighted by molar-refractivity contribution is 6.32. The van der Waals surface area contributed by atoms with Crippen LogP contribution in [0.4, 0.5) is 10.5 Å². The fourth-order valence-electron chi connectivity index (χ4n) is 2.28. The molecule has 2 N–H and O–H groups in total. The molecule has 0 heterocycles. The molecule has 0 saturated carbocycles. The second-order valence-corrected chi connectivity index (χ2v) is 5.62. The monoisotopic (exact) mass is 380 g/mol. The van der Waals surface area contributed by atoms with Crippen molar-refractivity contribution in [2.45, 2.75) is 6.54 Å². The van der Waals surface area contributed by atoms with Gasteiger partial charge in [0, 0.05) is 18.7 Å². The van der Waals surface area contributed by atoms with Crippen LogP contribution in [0.15, 0.2) is 30.3 Å². The molecule has 0 atom stereocenters. The summed E-state index contributed by atoms with van der Waals surface area (Å²) in [5.41, 5.74) is 1.26. The Bertz CT molecular complexity index is 760. The van der Waals surface area contributed by atoms with Gasteiger partial charge in [-0.25, -0.2) is 4.79 Å². The van der Waals surface area contributed by atoms with E-state index in [1.54, 1.807) is 32.4 Å². The van der Waals surface area contributed by atoms with E-state index in [0.717, 1.165) is 5.56 Å². The van der Waals surface area contributed by atoms with Crippen LogP contribution in [0.25, 0.3) is 0 Å². The van der Waals surface area contributed by atoms with Crippen LogP contribution in [-0.4, -0.2) is 34.5 Å². The molecule has 0 aliphatic rings. The van der Waals surface area contributed by atoms with Gasteiger partial charge < -0.3 is 29.6 Å². The largest absolute Gasteiger partial charge is 0.497 e. The average molecular weight is 381 g/mol. The van der Waals surface area contributed by atoms with Crippen LogP contribution >= 0.6 is 11.6 Å². The Balaban J connectivity index is 2.07. The predicted molar refractivity (Wildman–Crippen MR) is 100.0 cm³/mol. The van der Waals surface area contributed by atoms with Gasteiger partial charge >= 0.3 is 6.03 Å². The molecule has 0 unspecified atom stereocenters. The quantitative estimate of drug-likeness (QED) is 0.765. The smallest absolute Gasteiger partial charge is 0.319 e. The first-order valence-electron chi connectivity index (χ1n) is 7.69. The van der Waals surface area contributed by atoms with Crippen LogP contribution in [0.2, 0.25) is 5.02 Å². The number of urea groups is 1. The number of hydrogen-bond acceptors (Lipinski definition) is 5. The minimum Gasteiger partial charge on any atom is -0.497 e. The van der Waals surface area contributed by atoms with Gasteiger partial charge in [0.1, 0.15) is 23.0 Å². The Hall–Kier alpha value is -2.80. The maximum absolute atomic E-state index is 12.2. The van der Waals surface area contributed by atoms with E-state index in [0.29, 0.717) is 33.7 Å². The van der Waals surface area contributed by atoms with Crippen LogP contribution in [0.3, 0.4) is 0 Å². The van der Waals surface area contributed by atoms with Crippen molar-refractivity contribution < 1.29 is 23.7 Å². The number of nitrogens with one attached hydrogen (secondary N) is 2. The first-order chi connectivity index (χ1) is 12.5. The van der Waals surface area contributed by atoms with Gasteiger partial charge in [-0.3, -0.25) is 0 Å². The first-order valence-corrected chi connectivity index (χ1v) is 8.06. The SMILES string of the molecule is COc1cc(CNC(=O)Nc2cc(Cl)c(OC)cc2OC)cc(OC)c1. The number of methoxy groups -OCH3 is 4. The van der Waals surface area contributed by atoms with E-state index in [4.69, 9.17) is 30.5 Å². The number of ether oxygens (including phenoxy) is 4. The van der Waals surface area contributed by atoms with Gasteiger partial charge in [0.25, 0.3) is 0 Å². The molecular weight excluding hydrogens is 360 g/mol. The number of anilines is 1. The van der Waals surface area contributed by atoms with E-state index in [2.05, 4.69) is 10.6 Å². The highest BCUT2D eigenvalue weighted by Crippen LogP contribution is 2.35. The normalized spacial score (nSPS) is 10.0. The molecule has 140 valence electrons. The molecule has 0 aromatic heterocycles. The molecule has 0 aliphatic heterocycles. The number of halogens is 1. The highest BCUT2D eigenvalue weighted by atomic mass is 35.5. The van der Waals surface area contributed by atoms with Gasteiger partial charge in [-0.05, 0) is 23.8 Å². The van der Waals surface area contributed by atoms with Crippen molar-refractivity contribution in [3.63, 3.8) is 0 Å². The molecule has 0 aliphatic carbocycles. The molecule has 2 aromatic rings. The first kappa shape index (κ1) is 19.5. The second kappa shape index (κ2) is 9.05. The molecule has 7 nitrogen and oxygen atoms in total. The summed E-state index contributed by atoms with van der Waals surface area (Å²) in [5.74, 6) is 2.18. The van der Waals surface area contributed by atoms with Crippen LogP contribution in [0.1, 0.15) is 5.56 Å². The number of carbonyl (C=O) groups excluding carboxylic acids is 1. The topological polar surface area (TPSA) is 78.1 Å². The minimum absolute atomic E-state index is 0.283. The molecule has 0 radical (unpaired) electrons. The average Bonchev–Trinajstić information content (AvgIpc) is 2.66. The third kappa shape index (κ3) is 4.86. The van der Waals surface area contributed by atoms with Crippen molar-refractivity contribution in [3.05, 3.63) is 40.9 Å². The fourth-order valence-corrected chi connectivity index (χ4v) is 2.52. The Morgan fingerprint density at radius 2 is 1.50 bits per heavy atom. The Labute approximate surface area is 157 Å². The molecular formula is C18H21ClN2O5. The van der Waals surface area contributed by atoms with E-state index in [1.165, 1.54) is 14.2 Å². The van der Waals surface area contributed by atoms with E-state index in [-0.39, 0.29) is 6.54 Å². The fraction of sp³-hybridized carbons (Fsp3) is 0.278. The van der Waals surface area contributed by atoms with Gasteiger partial charge in [-0.15, -0.1) is 0 Å². The third-order valence-corrected chi connectivity index (χ3v) is 3.88. The van der Waals surface area contributed by atoms with Crippen molar-refractivity contribution >= 4 is 23.3 Å². The molecule has 0 fully saturated rings. The zero-order chi connectivity index (χ0) is 19.1. The maximum atomic E-state index is 12.2. The molecule has 2 amide bonds. The molecule has 26 heavy (non-hydrogen) atoms. The Kier molecular flexibility index (Phi) is 6.80. The summed E-state index contributed by atoms with van der Waals surface area (Å²) >= 11 is 6.10. The van der Waals surface area contributed by atoms with Crippen LogP contribution < -0.4 is 29.6 Å². The van der Waals surface area contributed by atoms with Crippen molar-refractivity contribution in [1.29, 1.82) is 0 Å². The standard InChI is InChI=1S/C18H21ClN2O5/c1-23-12-5-11(6-13(7-12)24-2)10-20-18(22)21-15-8-14(19)16(25-3)9-17(15)26-4/h5-9H,10H2,1-4H3,(H2,20,21,22). The molecule has 8 heteroatoms. The van der Waals surface area contributed by atoms with Gasteiger partial charge in [-0.2, -0.15) is 0 Å². The molecule has 0 spiro atoms. The van der Waals surface area contributed by atoms with Crippen molar-refractivity contribution in [1.82, 2.24) is 5.32 Å². The molecule has 0 saturated heterocycles. The summed E-state index contributed by atoms with van der Waals surface area (Å²) < 4.78 is 20.8. The summed E-state index contributed by atoms with van der Waals surface area (Å²) in [6, 6.07) is 8.14. The number of hydrogen-bond donors (Lipinski definition) is 2. The second-order valence-electron chi connectivity index (χ2n) is 5.22. The molecule has 0 bridgehead atoms. The zero-order valence-corrected chi connectivity index (χ0v) is 15.8. The summed E-state index contributed by atoms with van der Waals surface area (Å²) in [6.07, 6.45) is 0. The lowest BCUT2D eigenvalue weighted by Crippen LogP contribution is -2.28. The van der Waals surface area contributed by atoms with Crippen LogP contribution in [0.5, 0.6) is 23.0 Å². The Morgan fingerprint density at radius 1 is 0.885 bits per heavy atom. The highest BCUT2D eigenvalue weighted by Gasteiger charge is 2.12. The van der Waals surface area contributed by atoms with Crippen LogP contribution in [0, 0.1) is 0 Å². The van der Waals surface area contributed by atoms with E-state index in [1.807, 2.05) is 12.1 Å². The lowest BCUT2D eigenvalue weighted by atomic mass is 10.2. The zero-order valence-electron chi connectivity index (χ0n) is 15.0. The van der Waals surface area contributed by atoms with Gasteiger partial charge in [0.05, 0.1) is 39.1 Å². The van der Waals surface area contributed by atoms with E-state index in [9.17, 15) is 4.79 Å². The van der Waals surface area contributed by atoms with E-state index < -0.39 is 6.03 Å². The lowest BCUT2D eigenvalue weighted by Gasteiger charge is -2.14. The predicted octanol–water partition coefficient (Wildman–Crippen LogP) is 3.70. The van der Waals surface area contributed by atoms with Crippen molar-refractivity contribution in [2.24, 2.45) is 0 Å². The van der Waals surface area contributed by atoms with Gasteiger partial charge in [0.15, 0.2) is 0 Å². The third-order valence-electron chi connectivity index (χ3n) is 3.59. The summed E-state index contributed by atoms with van der Waals surface area (Å²) in [4.78, 5) is 12.2. The Morgan fingerprint density at radius 3 is 2.04 bits per heavy atom. The van der Waals surface area contributed by atoms with Crippen LogP contribution in [-0.2, 0) is 6.54 Å². The number of rotatable bonds is 7. The lowest BCUT2D eigenvalue weighted by molar-refractivity contribution is 0.251. The number of amides is 2. The van der Waals surface area contributed by atoms with Gasteiger partial charge in [-0.1, -0.05) is 11.6 Å². The van der Waals surface area contributed by atoms with Gasteiger partial charge in [0.2, 0.25) is 0 Å². The minimum atomic E-state index is -0.411. The van der Waals surface area contributed by atoms with Crippen molar-refractivity contribution in [2.75, 3.05) is 33.8 Å². The summed E-state index contributed by atoms with van der Waals surface area (Å²) in [6.45, 7) is 0.283. The number of carbonyl (C=O) groups is 1. The maximum Gasteiger partial charge on any atom is 0.319 e. The molecule has 2 rings (SSSR count). The summed E-state index contributed by atoms with van der Waals surface area (Å²) in [5, 5.41) is 5.82. The van der Waals surface area contributed by atoms with E-state index >= 15 is 0 Å². The number of benzene rings is 2.